The van der Waals surface area contributed by atoms with Crippen LogP contribution in [0.15, 0.2) is 45.4 Å². The van der Waals surface area contributed by atoms with Gasteiger partial charge in [-0.1, -0.05) is 0 Å². The second-order valence-electron chi connectivity index (χ2n) is 5.50. The highest BCUT2D eigenvalue weighted by molar-refractivity contribution is 6.03. The number of allylic oxidation sites excluding steroid dienone is 3. The Kier molecular flexibility index (Phi) is 3.88. The predicted molar refractivity (Wildman–Crippen MR) is 79.8 cm³/mol. The summed E-state index contributed by atoms with van der Waals surface area (Å²) in [5.74, 6) is -0.201. The number of hydrogen-bond donors (Lipinski definition) is 1. The van der Waals surface area contributed by atoms with Crippen LogP contribution in [0.5, 0.6) is 0 Å². The van der Waals surface area contributed by atoms with E-state index < -0.39 is 11.9 Å². The molecule has 1 aromatic heterocycles. The smallest absolute Gasteiger partial charge is 0.336 e. The van der Waals surface area contributed by atoms with E-state index in [0.29, 0.717) is 29.9 Å². The summed E-state index contributed by atoms with van der Waals surface area (Å²) >= 11 is 0. The van der Waals surface area contributed by atoms with E-state index in [9.17, 15) is 9.59 Å². The molecule has 116 valence electrons. The average Bonchev–Trinajstić information content (AvgIpc) is 3.00. The van der Waals surface area contributed by atoms with Crippen LogP contribution in [0.1, 0.15) is 44.8 Å². The number of hydrogen-bond acceptors (Lipinski definition) is 5. The zero-order valence-electron chi connectivity index (χ0n) is 12.8. The molecule has 1 atom stereocenters. The minimum Gasteiger partial charge on any atom is -0.468 e. The van der Waals surface area contributed by atoms with Crippen LogP contribution < -0.4 is 5.32 Å². The first-order valence-corrected chi connectivity index (χ1v) is 7.58. The van der Waals surface area contributed by atoms with Crippen LogP contribution in [-0.4, -0.2) is 18.4 Å². The van der Waals surface area contributed by atoms with Gasteiger partial charge < -0.3 is 14.5 Å². The van der Waals surface area contributed by atoms with Crippen molar-refractivity contribution in [1.82, 2.24) is 5.32 Å². The highest BCUT2D eigenvalue weighted by Crippen LogP contribution is 2.42. The van der Waals surface area contributed by atoms with Crippen LogP contribution in [-0.2, 0) is 14.3 Å². The number of rotatable bonds is 3. The second-order valence-corrected chi connectivity index (χ2v) is 5.50. The minimum absolute atomic E-state index is 0.0736. The number of ketones is 1. The van der Waals surface area contributed by atoms with Gasteiger partial charge in [0, 0.05) is 23.4 Å². The highest BCUT2D eigenvalue weighted by atomic mass is 16.5. The van der Waals surface area contributed by atoms with Gasteiger partial charge in [-0.3, -0.25) is 4.79 Å². The first-order valence-electron chi connectivity index (χ1n) is 7.58. The Bertz CT molecular complexity index is 667. The van der Waals surface area contributed by atoms with Crippen molar-refractivity contribution in [3.8, 4) is 0 Å². The average molecular weight is 301 g/mol. The lowest BCUT2D eigenvalue weighted by molar-refractivity contribution is -0.138. The maximum absolute atomic E-state index is 12.5. The van der Waals surface area contributed by atoms with Crippen LogP contribution >= 0.6 is 0 Å². The van der Waals surface area contributed by atoms with Gasteiger partial charge in [-0.25, -0.2) is 4.79 Å². The summed E-state index contributed by atoms with van der Waals surface area (Å²) in [5, 5.41) is 3.23. The van der Waals surface area contributed by atoms with E-state index in [1.807, 2.05) is 6.92 Å². The Morgan fingerprint density at radius 3 is 2.95 bits per heavy atom. The monoisotopic (exact) mass is 301 g/mol. The fourth-order valence-electron chi connectivity index (χ4n) is 3.20. The highest BCUT2D eigenvalue weighted by Gasteiger charge is 2.40. The minimum atomic E-state index is -0.474. The molecular formula is C17H19NO4. The number of dihydropyridines is 1. The molecule has 0 saturated carbocycles. The molecule has 2 aliphatic rings. The van der Waals surface area contributed by atoms with Crippen LogP contribution in [0.4, 0.5) is 0 Å². The molecule has 5 heteroatoms. The number of carbonyl (C=O) groups is 2. The van der Waals surface area contributed by atoms with Gasteiger partial charge in [0.25, 0.3) is 0 Å². The molecule has 1 aliphatic heterocycles. The van der Waals surface area contributed by atoms with E-state index >= 15 is 0 Å². The number of carbonyl (C=O) groups excluding carboxylic acids is 2. The standard InChI is InChI=1S/C17H19NO4/c1-3-21-17(20)14-10(2)18-11-6-4-7-12(19)15(11)16(14)13-8-5-9-22-13/h5,8-9,16,18H,3-4,6-7H2,1-2H3/t16-/m1/s1. The number of ether oxygens (including phenoxy) is 1. The van der Waals surface area contributed by atoms with Crippen molar-refractivity contribution in [2.75, 3.05) is 6.61 Å². The van der Waals surface area contributed by atoms with Crippen molar-refractivity contribution in [3.05, 3.63) is 46.7 Å². The molecule has 0 saturated heterocycles. The number of esters is 1. The van der Waals surface area contributed by atoms with E-state index in [-0.39, 0.29) is 5.78 Å². The molecular weight excluding hydrogens is 282 g/mol. The van der Waals surface area contributed by atoms with Crippen molar-refractivity contribution in [2.24, 2.45) is 0 Å². The molecule has 0 bridgehead atoms. The molecule has 1 aromatic rings. The number of Topliss-reactive ketones (excluding diaryl/α,β-unsaturated/α-hetero) is 1. The van der Waals surface area contributed by atoms with E-state index in [0.717, 1.165) is 24.2 Å². The van der Waals surface area contributed by atoms with Gasteiger partial charge in [0.2, 0.25) is 0 Å². The summed E-state index contributed by atoms with van der Waals surface area (Å²) in [6.45, 7) is 3.90. The Morgan fingerprint density at radius 1 is 1.45 bits per heavy atom. The van der Waals surface area contributed by atoms with E-state index in [2.05, 4.69) is 5.32 Å². The summed E-state index contributed by atoms with van der Waals surface area (Å²) in [6.07, 6.45) is 3.71. The van der Waals surface area contributed by atoms with E-state index in [4.69, 9.17) is 9.15 Å². The molecule has 0 unspecified atom stereocenters. The topological polar surface area (TPSA) is 68.5 Å². The summed E-state index contributed by atoms with van der Waals surface area (Å²) in [5.41, 5.74) is 2.75. The third kappa shape index (κ3) is 2.36. The molecule has 0 amide bonds. The molecule has 5 nitrogen and oxygen atoms in total. The molecule has 2 heterocycles. The zero-order valence-corrected chi connectivity index (χ0v) is 12.8. The van der Waals surface area contributed by atoms with Gasteiger partial charge in [-0.2, -0.15) is 0 Å². The fourth-order valence-corrected chi connectivity index (χ4v) is 3.20. The van der Waals surface area contributed by atoms with Gasteiger partial charge in [0.05, 0.1) is 24.4 Å². The predicted octanol–water partition coefficient (Wildman–Crippen LogP) is 2.81. The summed E-state index contributed by atoms with van der Waals surface area (Å²) in [7, 11) is 0. The van der Waals surface area contributed by atoms with Crippen LogP contribution in [0.2, 0.25) is 0 Å². The zero-order chi connectivity index (χ0) is 15.7. The molecule has 0 aromatic carbocycles. The lowest BCUT2D eigenvalue weighted by atomic mass is 9.77. The maximum atomic E-state index is 12.5. The first kappa shape index (κ1) is 14.6. The Morgan fingerprint density at radius 2 is 2.27 bits per heavy atom. The Hall–Kier alpha value is -2.30. The van der Waals surface area contributed by atoms with Gasteiger partial charge in [-0.05, 0) is 38.8 Å². The Balaban J connectivity index is 2.12. The first-order chi connectivity index (χ1) is 10.6. The summed E-state index contributed by atoms with van der Waals surface area (Å²) in [4.78, 5) is 24.9. The molecule has 0 radical (unpaired) electrons. The van der Waals surface area contributed by atoms with E-state index in [1.54, 1.807) is 25.3 Å². The summed E-state index contributed by atoms with van der Waals surface area (Å²) in [6, 6.07) is 3.57. The van der Waals surface area contributed by atoms with Gasteiger partial charge in [0.1, 0.15) is 5.76 Å². The van der Waals surface area contributed by atoms with Crippen LogP contribution in [0, 0.1) is 0 Å². The van der Waals surface area contributed by atoms with Gasteiger partial charge >= 0.3 is 5.97 Å². The molecule has 0 fully saturated rings. The lowest BCUT2D eigenvalue weighted by Gasteiger charge is -2.32. The number of nitrogens with one attached hydrogen (secondary N) is 1. The second kappa shape index (κ2) is 5.83. The summed E-state index contributed by atoms with van der Waals surface area (Å²) < 4.78 is 10.7. The van der Waals surface area contributed by atoms with Gasteiger partial charge in [-0.15, -0.1) is 0 Å². The normalized spacial score (nSPS) is 21.5. The fraction of sp³-hybridized carbons (Fsp3) is 0.412. The molecule has 1 aliphatic carbocycles. The van der Waals surface area contributed by atoms with Crippen molar-refractivity contribution in [1.29, 1.82) is 0 Å². The molecule has 22 heavy (non-hydrogen) atoms. The molecule has 0 spiro atoms. The van der Waals surface area contributed by atoms with Crippen LogP contribution in [0.25, 0.3) is 0 Å². The Labute approximate surface area is 129 Å². The maximum Gasteiger partial charge on any atom is 0.336 e. The van der Waals surface area contributed by atoms with Crippen molar-refractivity contribution >= 4 is 11.8 Å². The van der Waals surface area contributed by atoms with Crippen molar-refractivity contribution in [3.63, 3.8) is 0 Å². The van der Waals surface area contributed by atoms with Gasteiger partial charge in [0.15, 0.2) is 5.78 Å². The number of furan rings is 1. The quantitative estimate of drug-likeness (QED) is 0.869. The SMILES string of the molecule is CCOC(=O)C1=C(C)NC2=C(C(=O)CCC2)[C@@H]1c1ccco1. The third-order valence-electron chi connectivity index (χ3n) is 4.10. The molecule has 3 rings (SSSR count). The van der Waals surface area contributed by atoms with Crippen molar-refractivity contribution < 1.29 is 18.7 Å². The van der Waals surface area contributed by atoms with Crippen molar-refractivity contribution in [2.45, 2.75) is 39.0 Å². The molecule has 1 N–H and O–H groups in total. The van der Waals surface area contributed by atoms with E-state index in [1.165, 1.54) is 0 Å². The largest absolute Gasteiger partial charge is 0.468 e. The van der Waals surface area contributed by atoms with Crippen LogP contribution in [0.3, 0.4) is 0 Å². The third-order valence-corrected chi connectivity index (χ3v) is 4.10. The lowest BCUT2D eigenvalue weighted by Crippen LogP contribution is -2.34.